The van der Waals surface area contributed by atoms with Crippen LogP contribution in [0, 0.1) is 0 Å². The Morgan fingerprint density at radius 3 is 2.74 bits per heavy atom. The van der Waals surface area contributed by atoms with Gasteiger partial charge in [0.1, 0.15) is 11.3 Å². The Morgan fingerprint density at radius 1 is 1.30 bits per heavy atom. The molecule has 0 radical (unpaired) electrons. The third kappa shape index (κ3) is 3.00. The number of rotatable bonds is 3. The van der Waals surface area contributed by atoms with Crippen LogP contribution in [0.4, 0.5) is 5.69 Å². The topological polar surface area (TPSA) is 77.8 Å². The molecule has 3 rings (SSSR count). The Labute approximate surface area is 144 Å². The van der Waals surface area contributed by atoms with Crippen molar-refractivity contribution in [3.8, 4) is 5.75 Å². The van der Waals surface area contributed by atoms with Gasteiger partial charge in [0.15, 0.2) is 4.32 Å². The number of hydrogen-bond acceptors (Lipinski definition) is 6. The van der Waals surface area contributed by atoms with Crippen LogP contribution in [-0.4, -0.2) is 26.4 Å². The van der Waals surface area contributed by atoms with E-state index in [1.165, 1.54) is 34.4 Å². The molecule has 116 valence electrons. The van der Waals surface area contributed by atoms with Crippen molar-refractivity contribution in [1.29, 1.82) is 0 Å². The summed E-state index contributed by atoms with van der Waals surface area (Å²) >= 11 is 7.90. The molecule has 2 N–H and O–H groups in total. The standard InChI is InChI=1S/C15H9NO4S3/c17-11-4-3-8(6-10(11)14(19)20)16-13(18)12(23-15(16)21)7-9-2-1-5-22-9/h1-7,17H,(H,19,20)/b12-7-. The van der Waals surface area contributed by atoms with E-state index in [1.807, 2.05) is 17.5 Å². The minimum Gasteiger partial charge on any atom is -0.507 e. The molecule has 8 heteroatoms. The van der Waals surface area contributed by atoms with Crippen molar-refractivity contribution in [1.82, 2.24) is 0 Å². The van der Waals surface area contributed by atoms with Crippen molar-refractivity contribution in [2.24, 2.45) is 0 Å². The SMILES string of the molecule is O=C(O)c1cc(N2C(=O)/C(=C/c3cccs3)SC2=S)ccc1O. The Kier molecular flexibility index (Phi) is 4.20. The molecule has 1 aromatic heterocycles. The first-order valence-electron chi connectivity index (χ1n) is 6.35. The lowest BCUT2D eigenvalue weighted by Crippen LogP contribution is -2.27. The maximum absolute atomic E-state index is 12.6. The van der Waals surface area contributed by atoms with E-state index in [1.54, 1.807) is 6.08 Å². The van der Waals surface area contributed by atoms with Gasteiger partial charge in [-0.2, -0.15) is 0 Å². The highest BCUT2D eigenvalue weighted by Gasteiger charge is 2.34. The van der Waals surface area contributed by atoms with Gasteiger partial charge in [-0.05, 0) is 35.7 Å². The lowest BCUT2D eigenvalue weighted by molar-refractivity contribution is -0.113. The molecule has 0 bridgehead atoms. The van der Waals surface area contributed by atoms with E-state index >= 15 is 0 Å². The zero-order valence-corrected chi connectivity index (χ0v) is 13.9. The average Bonchev–Trinajstić information content (AvgIpc) is 3.09. The first kappa shape index (κ1) is 15.7. The predicted molar refractivity (Wildman–Crippen MR) is 95.0 cm³/mol. The number of thioether (sulfide) groups is 1. The van der Waals surface area contributed by atoms with Gasteiger partial charge in [-0.3, -0.25) is 9.69 Å². The number of amides is 1. The zero-order chi connectivity index (χ0) is 16.6. The average molecular weight is 363 g/mol. The van der Waals surface area contributed by atoms with Crippen molar-refractivity contribution in [2.45, 2.75) is 0 Å². The number of phenols is 1. The molecule has 1 aliphatic heterocycles. The number of aromatic hydroxyl groups is 1. The molecule has 1 aliphatic rings. The van der Waals surface area contributed by atoms with Crippen LogP contribution in [0.3, 0.4) is 0 Å². The molecule has 0 atom stereocenters. The molecule has 2 heterocycles. The summed E-state index contributed by atoms with van der Waals surface area (Å²) < 4.78 is 0.319. The molecule has 1 amide bonds. The highest BCUT2D eigenvalue weighted by atomic mass is 32.2. The number of carboxylic acids is 1. The number of benzene rings is 1. The van der Waals surface area contributed by atoms with Crippen LogP contribution < -0.4 is 4.90 Å². The molecule has 5 nitrogen and oxygen atoms in total. The number of carboxylic acid groups (broad SMARTS) is 1. The summed E-state index contributed by atoms with van der Waals surface area (Å²) in [5.41, 5.74) is 0.0380. The van der Waals surface area contributed by atoms with E-state index in [9.17, 15) is 14.7 Å². The summed E-state index contributed by atoms with van der Waals surface area (Å²) in [6, 6.07) is 7.70. The molecule has 23 heavy (non-hydrogen) atoms. The van der Waals surface area contributed by atoms with Crippen molar-refractivity contribution in [3.63, 3.8) is 0 Å². The summed E-state index contributed by atoms with van der Waals surface area (Å²) in [5, 5.41) is 20.6. The van der Waals surface area contributed by atoms with E-state index in [0.717, 1.165) is 16.6 Å². The number of hydrogen-bond donors (Lipinski definition) is 2. The molecule has 1 fully saturated rings. The molecular formula is C15H9NO4S3. The van der Waals surface area contributed by atoms with Gasteiger partial charge < -0.3 is 10.2 Å². The third-order valence-electron chi connectivity index (χ3n) is 3.08. The molecule has 1 aromatic carbocycles. The fourth-order valence-electron chi connectivity index (χ4n) is 2.03. The van der Waals surface area contributed by atoms with Gasteiger partial charge in [0, 0.05) is 4.88 Å². The van der Waals surface area contributed by atoms with Gasteiger partial charge in [0.05, 0.1) is 10.6 Å². The molecule has 0 spiro atoms. The maximum atomic E-state index is 12.6. The Bertz CT molecular complexity index is 842. The summed E-state index contributed by atoms with van der Waals surface area (Å²) in [6.45, 7) is 0. The van der Waals surface area contributed by atoms with Crippen molar-refractivity contribution in [2.75, 3.05) is 4.90 Å². The van der Waals surface area contributed by atoms with E-state index in [0.29, 0.717) is 14.9 Å². The number of carbonyl (C=O) groups excluding carboxylic acids is 1. The second-order valence-electron chi connectivity index (χ2n) is 4.54. The number of carbonyl (C=O) groups is 2. The Morgan fingerprint density at radius 2 is 2.09 bits per heavy atom. The van der Waals surface area contributed by atoms with Crippen LogP contribution in [0.25, 0.3) is 6.08 Å². The van der Waals surface area contributed by atoms with E-state index in [2.05, 4.69) is 0 Å². The number of anilines is 1. The molecule has 0 unspecified atom stereocenters. The molecule has 1 saturated heterocycles. The summed E-state index contributed by atoms with van der Waals surface area (Å²) in [4.78, 5) is 26.3. The zero-order valence-electron chi connectivity index (χ0n) is 11.4. The maximum Gasteiger partial charge on any atom is 0.339 e. The lowest BCUT2D eigenvalue weighted by atomic mass is 10.1. The molecule has 0 aliphatic carbocycles. The van der Waals surface area contributed by atoms with Crippen LogP contribution in [0.2, 0.25) is 0 Å². The first-order chi connectivity index (χ1) is 11.0. The van der Waals surface area contributed by atoms with Crippen molar-refractivity contribution >= 4 is 63.3 Å². The van der Waals surface area contributed by atoms with E-state index in [-0.39, 0.29) is 17.2 Å². The number of aromatic carboxylic acids is 1. The van der Waals surface area contributed by atoms with E-state index < -0.39 is 5.97 Å². The van der Waals surface area contributed by atoms with Crippen LogP contribution in [-0.2, 0) is 4.79 Å². The lowest BCUT2D eigenvalue weighted by Gasteiger charge is -2.15. The second kappa shape index (κ2) is 6.15. The Balaban J connectivity index is 1.98. The molecule has 0 saturated carbocycles. The largest absolute Gasteiger partial charge is 0.507 e. The smallest absolute Gasteiger partial charge is 0.339 e. The highest BCUT2D eigenvalue weighted by Crippen LogP contribution is 2.37. The highest BCUT2D eigenvalue weighted by molar-refractivity contribution is 8.27. The van der Waals surface area contributed by atoms with Gasteiger partial charge in [0.25, 0.3) is 5.91 Å². The van der Waals surface area contributed by atoms with Crippen LogP contribution in [0.5, 0.6) is 5.75 Å². The molecular weight excluding hydrogens is 354 g/mol. The van der Waals surface area contributed by atoms with Crippen LogP contribution in [0.15, 0.2) is 40.6 Å². The third-order valence-corrected chi connectivity index (χ3v) is 5.20. The number of nitrogens with zero attached hydrogens (tertiary/aromatic N) is 1. The first-order valence-corrected chi connectivity index (χ1v) is 8.45. The minimum atomic E-state index is -1.27. The monoisotopic (exact) mass is 363 g/mol. The van der Waals surface area contributed by atoms with Gasteiger partial charge in [0.2, 0.25) is 0 Å². The van der Waals surface area contributed by atoms with Gasteiger partial charge in [-0.1, -0.05) is 30.0 Å². The van der Waals surface area contributed by atoms with Gasteiger partial charge in [-0.15, -0.1) is 11.3 Å². The van der Waals surface area contributed by atoms with Crippen molar-refractivity contribution in [3.05, 3.63) is 51.1 Å². The quantitative estimate of drug-likeness (QED) is 0.641. The summed E-state index contributed by atoms with van der Waals surface area (Å²) in [7, 11) is 0. The summed E-state index contributed by atoms with van der Waals surface area (Å²) in [5.74, 6) is -1.94. The van der Waals surface area contributed by atoms with Crippen molar-refractivity contribution < 1.29 is 19.8 Å². The van der Waals surface area contributed by atoms with E-state index in [4.69, 9.17) is 17.3 Å². The normalized spacial score (nSPS) is 16.3. The number of thiophene rings is 1. The molecule has 2 aromatic rings. The second-order valence-corrected chi connectivity index (χ2v) is 7.19. The fraction of sp³-hybridized carbons (Fsp3) is 0. The summed E-state index contributed by atoms with van der Waals surface area (Å²) in [6.07, 6.45) is 1.75. The fourth-order valence-corrected chi connectivity index (χ4v) is 4.05. The number of thiocarbonyl (C=S) groups is 1. The van der Waals surface area contributed by atoms with Gasteiger partial charge >= 0.3 is 5.97 Å². The van der Waals surface area contributed by atoms with Gasteiger partial charge in [-0.25, -0.2) is 4.79 Å². The Hall–Kier alpha value is -2.16. The van der Waals surface area contributed by atoms with Crippen LogP contribution in [0.1, 0.15) is 15.2 Å². The minimum absolute atomic E-state index is 0.279. The van der Waals surface area contributed by atoms with Crippen LogP contribution >= 0.6 is 35.3 Å². The predicted octanol–water partition coefficient (Wildman–Crippen LogP) is 3.56.